The molecule has 0 spiro atoms. The fraction of sp³-hybridized carbons (Fsp3) is 0.300. The third-order valence-corrected chi connectivity index (χ3v) is 5.10. The molecule has 2 aromatic carbocycles. The zero-order valence-electron chi connectivity index (χ0n) is 15.9. The molecule has 0 radical (unpaired) electrons. The van der Waals surface area contributed by atoms with Gasteiger partial charge in [0.25, 0.3) is 0 Å². The zero-order valence-corrected chi connectivity index (χ0v) is 15.9. The van der Waals surface area contributed by atoms with Crippen molar-refractivity contribution in [2.45, 2.75) is 24.3 Å². The second-order valence-corrected chi connectivity index (χ2v) is 7.06. The van der Waals surface area contributed by atoms with E-state index in [2.05, 4.69) is 26.2 Å². The Kier molecular flexibility index (Phi) is 4.99. The van der Waals surface area contributed by atoms with Crippen LogP contribution in [0, 0.1) is 0 Å². The molecule has 10 nitrogen and oxygen atoms in total. The van der Waals surface area contributed by atoms with Crippen LogP contribution in [-0.2, 0) is 9.47 Å². The molecule has 0 aliphatic carbocycles. The van der Waals surface area contributed by atoms with Crippen LogP contribution >= 0.6 is 0 Å². The standard InChI is InChI=1S/C20H20N6O4/c27-19(21-13-7-3-1-4-8-13)22-15-11-28-18-16(12-29-17(15)18)26-20(23-24-25-26)30-14-9-5-2-6-10-14/h1-10,15-18H,11-12H2,(H2,21,22,27)/t15-,16-,17+,18+/m0/s1. The Balaban J connectivity index is 1.24. The van der Waals surface area contributed by atoms with Crippen molar-refractivity contribution in [3.63, 3.8) is 0 Å². The number of carbonyl (C=O) groups is 1. The molecule has 3 heterocycles. The molecule has 2 aliphatic rings. The molecule has 5 rings (SSSR count). The van der Waals surface area contributed by atoms with Crippen LogP contribution in [0.2, 0.25) is 0 Å². The number of hydrogen-bond donors (Lipinski definition) is 2. The van der Waals surface area contributed by atoms with Crippen LogP contribution in [0.25, 0.3) is 0 Å². The summed E-state index contributed by atoms with van der Waals surface area (Å²) in [5, 5.41) is 17.5. The van der Waals surface area contributed by atoms with E-state index < -0.39 is 0 Å². The van der Waals surface area contributed by atoms with Crippen LogP contribution in [-0.4, -0.2) is 57.7 Å². The quantitative estimate of drug-likeness (QED) is 0.664. The van der Waals surface area contributed by atoms with Crippen molar-refractivity contribution in [2.24, 2.45) is 0 Å². The summed E-state index contributed by atoms with van der Waals surface area (Å²) >= 11 is 0. The highest BCUT2D eigenvalue weighted by atomic mass is 16.6. The van der Waals surface area contributed by atoms with Gasteiger partial charge in [-0.1, -0.05) is 41.5 Å². The first-order valence-corrected chi connectivity index (χ1v) is 9.64. The summed E-state index contributed by atoms with van der Waals surface area (Å²) in [5.74, 6) is 0.633. The number of benzene rings is 2. The Bertz CT molecular complexity index is 999. The molecule has 2 saturated heterocycles. The number of amides is 2. The molecule has 0 bridgehead atoms. The summed E-state index contributed by atoms with van der Waals surface area (Å²) in [4.78, 5) is 12.3. The average Bonchev–Trinajstić information content (AvgIpc) is 3.47. The molecule has 4 atom stereocenters. The van der Waals surface area contributed by atoms with Gasteiger partial charge in [-0.25, -0.2) is 4.79 Å². The van der Waals surface area contributed by atoms with Crippen LogP contribution < -0.4 is 15.4 Å². The maximum absolute atomic E-state index is 12.3. The van der Waals surface area contributed by atoms with E-state index >= 15 is 0 Å². The Morgan fingerprint density at radius 2 is 1.73 bits per heavy atom. The topological polar surface area (TPSA) is 112 Å². The summed E-state index contributed by atoms with van der Waals surface area (Å²) < 4.78 is 19.3. The third kappa shape index (κ3) is 3.70. The highest BCUT2D eigenvalue weighted by Crippen LogP contribution is 2.36. The molecule has 2 fully saturated rings. The number of aromatic nitrogens is 4. The predicted molar refractivity (Wildman–Crippen MR) is 105 cm³/mol. The van der Waals surface area contributed by atoms with Gasteiger partial charge >= 0.3 is 12.0 Å². The lowest BCUT2D eigenvalue weighted by atomic mass is 10.1. The molecule has 2 aliphatic heterocycles. The lowest BCUT2D eigenvalue weighted by Crippen LogP contribution is -2.45. The minimum atomic E-state index is -0.307. The number of hydrogen-bond acceptors (Lipinski definition) is 7. The van der Waals surface area contributed by atoms with E-state index in [1.807, 2.05) is 60.7 Å². The van der Waals surface area contributed by atoms with Gasteiger partial charge in [-0.05, 0) is 34.7 Å². The molecular formula is C20H20N6O4. The molecular weight excluding hydrogens is 388 g/mol. The molecule has 0 saturated carbocycles. The van der Waals surface area contributed by atoms with E-state index in [0.29, 0.717) is 24.7 Å². The number of nitrogens with zero attached hydrogens (tertiary/aromatic N) is 4. The predicted octanol–water partition coefficient (Wildman–Crippen LogP) is 1.99. The summed E-state index contributed by atoms with van der Waals surface area (Å²) in [7, 11) is 0. The Labute approximate surface area is 172 Å². The highest BCUT2D eigenvalue weighted by molar-refractivity contribution is 5.89. The first-order valence-electron chi connectivity index (χ1n) is 9.64. The summed E-state index contributed by atoms with van der Waals surface area (Å²) in [6.45, 7) is 0.690. The average molecular weight is 408 g/mol. The fourth-order valence-corrected chi connectivity index (χ4v) is 3.72. The first-order chi connectivity index (χ1) is 14.8. The van der Waals surface area contributed by atoms with Gasteiger partial charge in [-0.2, -0.15) is 4.68 Å². The molecule has 1 aromatic heterocycles. The van der Waals surface area contributed by atoms with E-state index in [0.717, 1.165) is 0 Å². The van der Waals surface area contributed by atoms with Crippen LogP contribution in [0.5, 0.6) is 11.8 Å². The van der Waals surface area contributed by atoms with E-state index in [1.54, 1.807) is 4.68 Å². The van der Waals surface area contributed by atoms with Gasteiger partial charge in [0, 0.05) is 5.69 Å². The fourth-order valence-electron chi connectivity index (χ4n) is 3.72. The number of tetrazole rings is 1. The molecule has 10 heteroatoms. The van der Waals surface area contributed by atoms with Gasteiger partial charge in [0.2, 0.25) is 0 Å². The molecule has 0 unspecified atom stereocenters. The van der Waals surface area contributed by atoms with Crippen molar-refractivity contribution in [1.82, 2.24) is 25.5 Å². The Morgan fingerprint density at radius 3 is 2.53 bits per heavy atom. The number of carbonyl (C=O) groups excluding carboxylic acids is 1. The van der Waals surface area contributed by atoms with Crippen LogP contribution in [0.1, 0.15) is 6.04 Å². The van der Waals surface area contributed by atoms with E-state index in [1.165, 1.54) is 0 Å². The van der Waals surface area contributed by atoms with Crippen LogP contribution in [0.3, 0.4) is 0 Å². The summed E-state index contributed by atoms with van der Waals surface area (Å²) in [5.41, 5.74) is 0.715. The second kappa shape index (κ2) is 8.09. The maximum atomic E-state index is 12.3. The monoisotopic (exact) mass is 408 g/mol. The van der Waals surface area contributed by atoms with Crippen molar-refractivity contribution >= 4 is 11.7 Å². The summed E-state index contributed by atoms with van der Waals surface area (Å²) in [6.07, 6.45) is -0.598. The lowest BCUT2D eigenvalue weighted by Gasteiger charge is -2.18. The van der Waals surface area contributed by atoms with E-state index in [9.17, 15) is 4.79 Å². The summed E-state index contributed by atoms with van der Waals surface area (Å²) in [6, 6.07) is 18.0. The minimum Gasteiger partial charge on any atom is -0.423 e. The maximum Gasteiger partial charge on any atom is 0.341 e. The van der Waals surface area contributed by atoms with Gasteiger partial charge in [0.1, 0.15) is 24.0 Å². The minimum absolute atomic E-state index is 0.257. The molecule has 3 aromatic rings. The Morgan fingerprint density at radius 1 is 1.00 bits per heavy atom. The smallest absolute Gasteiger partial charge is 0.341 e. The largest absolute Gasteiger partial charge is 0.423 e. The normalized spacial score (nSPS) is 24.9. The SMILES string of the molecule is O=C(Nc1ccccc1)N[C@H]1CO[C@H]2[C@@H]1OC[C@@H]2n1nnnc1Oc1ccccc1. The first kappa shape index (κ1) is 18.5. The van der Waals surface area contributed by atoms with Gasteiger partial charge in [-0.3, -0.25) is 0 Å². The van der Waals surface area contributed by atoms with Crippen LogP contribution in [0.15, 0.2) is 60.7 Å². The van der Waals surface area contributed by atoms with Crippen molar-refractivity contribution in [1.29, 1.82) is 0 Å². The van der Waals surface area contributed by atoms with Crippen molar-refractivity contribution in [2.75, 3.05) is 18.5 Å². The molecule has 2 N–H and O–H groups in total. The number of ether oxygens (including phenoxy) is 3. The second-order valence-electron chi connectivity index (χ2n) is 7.06. The number of fused-ring (bicyclic) bond motifs is 1. The number of nitrogens with one attached hydrogen (secondary N) is 2. The number of urea groups is 1. The zero-order chi connectivity index (χ0) is 20.3. The van der Waals surface area contributed by atoms with Gasteiger partial charge in [0.15, 0.2) is 0 Å². The Hall–Kier alpha value is -3.50. The van der Waals surface area contributed by atoms with Gasteiger partial charge in [0.05, 0.1) is 19.3 Å². The van der Waals surface area contributed by atoms with Crippen molar-refractivity contribution < 1.29 is 19.0 Å². The molecule has 30 heavy (non-hydrogen) atoms. The van der Waals surface area contributed by atoms with E-state index in [4.69, 9.17) is 14.2 Å². The number of rotatable bonds is 5. The number of para-hydroxylation sites is 2. The van der Waals surface area contributed by atoms with Gasteiger partial charge < -0.3 is 24.8 Å². The molecule has 154 valence electrons. The lowest BCUT2D eigenvalue weighted by molar-refractivity contribution is 0.0613. The molecule has 2 amide bonds. The third-order valence-electron chi connectivity index (χ3n) is 5.10. The van der Waals surface area contributed by atoms with Crippen molar-refractivity contribution in [3.05, 3.63) is 60.7 Å². The number of anilines is 1. The van der Waals surface area contributed by atoms with Crippen molar-refractivity contribution in [3.8, 4) is 11.8 Å². The highest BCUT2D eigenvalue weighted by Gasteiger charge is 2.50. The van der Waals surface area contributed by atoms with E-state index in [-0.39, 0.29) is 36.3 Å². The van der Waals surface area contributed by atoms with Gasteiger partial charge in [-0.15, -0.1) is 0 Å². The van der Waals surface area contributed by atoms with Crippen LogP contribution in [0.4, 0.5) is 10.5 Å².